The summed E-state index contributed by atoms with van der Waals surface area (Å²) in [6.07, 6.45) is -1.03. The van der Waals surface area contributed by atoms with E-state index in [1.54, 1.807) is 0 Å². The van der Waals surface area contributed by atoms with Crippen LogP contribution < -0.4 is 10.1 Å². The Bertz CT molecular complexity index is 804. The van der Waals surface area contributed by atoms with E-state index in [2.05, 4.69) is 5.32 Å². The summed E-state index contributed by atoms with van der Waals surface area (Å²) in [5.74, 6) is -1.90. The molecule has 1 amide bonds. The van der Waals surface area contributed by atoms with E-state index in [0.717, 1.165) is 17.2 Å². The summed E-state index contributed by atoms with van der Waals surface area (Å²) in [7, 11) is 1.33. The number of hydrogen-bond donors (Lipinski definition) is 1. The maximum atomic E-state index is 13.7. The number of ether oxygens (including phenoxy) is 2. The van der Waals surface area contributed by atoms with Gasteiger partial charge in [-0.1, -0.05) is 12.1 Å². The number of benzene rings is 2. The van der Waals surface area contributed by atoms with Crippen LogP contribution in [-0.2, 0) is 9.53 Å². The molecule has 0 aliphatic carbocycles. The zero-order valence-corrected chi connectivity index (χ0v) is 14.6. The fourth-order valence-electron chi connectivity index (χ4n) is 2.18. The van der Waals surface area contributed by atoms with Gasteiger partial charge in [-0.25, -0.2) is 9.18 Å². The van der Waals surface area contributed by atoms with E-state index in [1.807, 2.05) is 32.0 Å². The number of amides is 1. The predicted octanol–water partition coefficient (Wildman–Crippen LogP) is 3.64. The molecule has 2 aromatic rings. The Morgan fingerprint density at radius 3 is 2.48 bits per heavy atom. The Labute approximate surface area is 145 Å². The Morgan fingerprint density at radius 2 is 1.84 bits per heavy atom. The Balaban J connectivity index is 2.04. The lowest BCUT2D eigenvalue weighted by atomic mass is 10.1. The minimum absolute atomic E-state index is 0.00434. The molecule has 0 bridgehead atoms. The van der Waals surface area contributed by atoms with Gasteiger partial charge in [-0.3, -0.25) is 4.79 Å². The maximum absolute atomic E-state index is 13.7. The van der Waals surface area contributed by atoms with Gasteiger partial charge in [0, 0.05) is 5.69 Å². The number of aryl methyl sites for hydroxylation is 2. The molecular weight excluding hydrogens is 325 g/mol. The molecule has 0 aliphatic heterocycles. The standard InChI is InChI=1S/C19H20FNO4/c1-11-5-6-12(2)16(9-11)21-18(22)13(3)25-19(23)14-7-8-17(24-4)15(20)10-14/h5-10,13H,1-4H3,(H,21,22)/t13-/m0/s1. The first kappa shape index (κ1) is 18.4. The third kappa shape index (κ3) is 4.56. The van der Waals surface area contributed by atoms with Gasteiger partial charge in [-0.2, -0.15) is 0 Å². The van der Waals surface area contributed by atoms with Gasteiger partial charge in [-0.05, 0) is 56.2 Å². The van der Waals surface area contributed by atoms with Crippen molar-refractivity contribution >= 4 is 17.6 Å². The number of hydrogen-bond acceptors (Lipinski definition) is 4. The normalized spacial score (nSPS) is 11.6. The molecule has 5 nitrogen and oxygen atoms in total. The molecule has 0 heterocycles. The van der Waals surface area contributed by atoms with E-state index >= 15 is 0 Å². The molecular formula is C19H20FNO4. The number of carbonyl (C=O) groups is 2. The molecule has 0 saturated heterocycles. The topological polar surface area (TPSA) is 64.6 Å². The number of esters is 1. The van der Waals surface area contributed by atoms with Crippen LogP contribution in [0.1, 0.15) is 28.4 Å². The zero-order valence-electron chi connectivity index (χ0n) is 14.6. The van der Waals surface area contributed by atoms with Gasteiger partial charge in [0.1, 0.15) is 0 Å². The van der Waals surface area contributed by atoms with Crippen molar-refractivity contribution in [3.8, 4) is 5.75 Å². The molecule has 0 fully saturated rings. The highest BCUT2D eigenvalue weighted by molar-refractivity contribution is 5.97. The van der Waals surface area contributed by atoms with Crippen molar-refractivity contribution in [1.29, 1.82) is 0 Å². The minimum atomic E-state index is -1.03. The molecule has 0 radical (unpaired) electrons. The van der Waals surface area contributed by atoms with E-state index in [-0.39, 0.29) is 11.3 Å². The first-order valence-electron chi connectivity index (χ1n) is 7.74. The van der Waals surface area contributed by atoms with Gasteiger partial charge in [0.05, 0.1) is 12.7 Å². The van der Waals surface area contributed by atoms with Crippen LogP contribution >= 0.6 is 0 Å². The molecule has 1 N–H and O–H groups in total. The van der Waals surface area contributed by atoms with E-state index < -0.39 is 23.8 Å². The number of halogens is 1. The maximum Gasteiger partial charge on any atom is 0.339 e. The summed E-state index contributed by atoms with van der Waals surface area (Å²) in [6.45, 7) is 5.24. The second-order valence-electron chi connectivity index (χ2n) is 5.70. The molecule has 2 aromatic carbocycles. The third-order valence-electron chi connectivity index (χ3n) is 3.69. The van der Waals surface area contributed by atoms with E-state index in [4.69, 9.17) is 9.47 Å². The smallest absolute Gasteiger partial charge is 0.339 e. The Hall–Kier alpha value is -2.89. The van der Waals surface area contributed by atoms with Crippen LogP contribution in [0.5, 0.6) is 5.75 Å². The van der Waals surface area contributed by atoms with Crippen molar-refractivity contribution in [2.75, 3.05) is 12.4 Å². The SMILES string of the molecule is COc1ccc(C(=O)O[C@@H](C)C(=O)Nc2cc(C)ccc2C)cc1F. The van der Waals surface area contributed by atoms with E-state index in [1.165, 1.54) is 26.2 Å². The number of rotatable bonds is 5. The lowest BCUT2D eigenvalue weighted by Crippen LogP contribution is -2.30. The van der Waals surface area contributed by atoms with Crippen molar-refractivity contribution in [2.45, 2.75) is 26.9 Å². The second kappa shape index (κ2) is 7.79. The van der Waals surface area contributed by atoms with Crippen molar-refractivity contribution in [3.63, 3.8) is 0 Å². The zero-order chi connectivity index (χ0) is 18.6. The van der Waals surface area contributed by atoms with Crippen LogP contribution in [0, 0.1) is 19.7 Å². The van der Waals surface area contributed by atoms with E-state index in [0.29, 0.717) is 5.69 Å². The average molecular weight is 345 g/mol. The molecule has 1 atom stereocenters. The van der Waals surface area contributed by atoms with Gasteiger partial charge < -0.3 is 14.8 Å². The molecule has 0 unspecified atom stereocenters. The first-order chi connectivity index (χ1) is 11.8. The van der Waals surface area contributed by atoms with Gasteiger partial charge >= 0.3 is 5.97 Å². The Morgan fingerprint density at radius 1 is 1.12 bits per heavy atom. The molecule has 0 aromatic heterocycles. The van der Waals surface area contributed by atoms with Crippen molar-refractivity contribution in [1.82, 2.24) is 0 Å². The highest BCUT2D eigenvalue weighted by atomic mass is 19.1. The minimum Gasteiger partial charge on any atom is -0.494 e. The molecule has 0 aliphatic rings. The highest BCUT2D eigenvalue weighted by Gasteiger charge is 2.20. The van der Waals surface area contributed by atoms with Crippen molar-refractivity contribution in [2.24, 2.45) is 0 Å². The Kier molecular flexibility index (Phi) is 5.75. The second-order valence-corrected chi connectivity index (χ2v) is 5.70. The molecule has 0 saturated carbocycles. The average Bonchev–Trinajstić information content (AvgIpc) is 2.57. The number of carbonyl (C=O) groups excluding carboxylic acids is 2. The molecule has 2 rings (SSSR count). The van der Waals surface area contributed by atoms with Crippen LogP contribution in [0.25, 0.3) is 0 Å². The number of anilines is 1. The summed E-state index contributed by atoms with van der Waals surface area (Å²) in [4.78, 5) is 24.3. The fourth-order valence-corrected chi connectivity index (χ4v) is 2.18. The summed E-state index contributed by atoms with van der Waals surface area (Å²) < 4.78 is 23.6. The predicted molar refractivity (Wildman–Crippen MR) is 92.4 cm³/mol. The largest absolute Gasteiger partial charge is 0.494 e. The van der Waals surface area contributed by atoms with Crippen LogP contribution in [0.2, 0.25) is 0 Å². The lowest BCUT2D eigenvalue weighted by Gasteiger charge is -2.15. The lowest BCUT2D eigenvalue weighted by molar-refractivity contribution is -0.123. The summed E-state index contributed by atoms with van der Waals surface area (Å²) >= 11 is 0. The quantitative estimate of drug-likeness (QED) is 0.841. The van der Waals surface area contributed by atoms with Gasteiger partial charge in [0.25, 0.3) is 5.91 Å². The van der Waals surface area contributed by atoms with Crippen LogP contribution in [0.3, 0.4) is 0 Å². The van der Waals surface area contributed by atoms with Crippen molar-refractivity contribution < 1.29 is 23.5 Å². The van der Waals surface area contributed by atoms with Crippen LogP contribution in [-0.4, -0.2) is 25.1 Å². The van der Waals surface area contributed by atoms with Crippen LogP contribution in [0.15, 0.2) is 36.4 Å². The monoisotopic (exact) mass is 345 g/mol. The fraction of sp³-hybridized carbons (Fsp3) is 0.263. The number of methoxy groups -OCH3 is 1. The summed E-state index contributed by atoms with van der Waals surface area (Å²) in [5.41, 5.74) is 2.56. The molecule has 0 spiro atoms. The molecule has 132 valence electrons. The summed E-state index contributed by atoms with van der Waals surface area (Å²) in [6, 6.07) is 9.37. The first-order valence-corrected chi connectivity index (χ1v) is 7.74. The highest BCUT2D eigenvalue weighted by Crippen LogP contribution is 2.19. The van der Waals surface area contributed by atoms with Gasteiger partial charge in [0.2, 0.25) is 0 Å². The van der Waals surface area contributed by atoms with Gasteiger partial charge in [-0.15, -0.1) is 0 Å². The van der Waals surface area contributed by atoms with Crippen LogP contribution in [0.4, 0.5) is 10.1 Å². The van der Waals surface area contributed by atoms with Crippen molar-refractivity contribution in [3.05, 3.63) is 58.9 Å². The number of nitrogens with one attached hydrogen (secondary N) is 1. The molecule has 6 heteroatoms. The molecule has 25 heavy (non-hydrogen) atoms. The van der Waals surface area contributed by atoms with E-state index in [9.17, 15) is 14.0 Å². The third-order valence-corrected chi connectivity index (χ3v) is 3.69. The summed E-state index contributed by atoms with van der Waals surface area (Å²) in [5, 5.41) is 2.73. The van der Waals surface area contributed by atoms with Gasteiger partial charge in [0.15, 0.2) is 17.7 Å².